The summed E-state index contributed by atoms with van der Waals surface area (Å²) in [6, 6.07) is 2.67. The molecule has 4 nitrogen and oxygen atoms in total. The summed E-state index contributed by atoms with van der Waals surface area (Å²) < 4.78 is 0. The van der Waals surface area contributed by atoms with E-state index in [9.17, 15) is 4.79 Å². The van der Waals surface area contributed by atoms with Gasteiger partial charge in [0.15, 0.2) is 0 Å². The molecule has 1 saturated heterocycles. The van der Waals surface area contributed by atoms with E-state index >= 15 is 0 Å². The molecule has 0 spiro atoms. The van der Waals surface area contributed by atoms with Gasteiger partial charge in [-0.1, -0.05) is 0 Å². The Hall–Kier alpha value is -1.08. The third-order valence-corrected chi connectivity index (χ3v) is 3.97. The van der Waals surface area contributed by atoms with Crippen molar-refractivity contribution in [2.45, 2.75) is 45.1 Å². The van der Waals surface area contributed by atoms with E-state index in [1.807, 2.05) is 0 Å². The molecule has 1 aliphatic heterocycles. The summed E-state index contributed by atoms with van der Waals surface area (Å²) in [6.07, 6.45) is 5.22. The van der Waals surface area contributed by atoms with E-state index in [1.54, 1.807) is 6.92 Å². The molecule has 0 atom stereocenters. The Labute approximate surface area is 103 Å². The summed E-state index contributed by atoms with van der Waals surface area (Å²) in [5, 5.41) is 11.8. The van der Waals surface area contributed by atoms with Crippen molar-refractivity contribution >= 4 is 5.91 Å². The molecule has 1 heterocycles. The fourth-order valence-electron chi connectivity index (χ4n) is 2.73. The number of likely N-dealkylation sites (tertiary alicyclic amines) is 1. The van der Waals surface area contributed by atoms with Crippen LogP contribution in [0.2, 0.25) is 0 Å². The van der Waals surface area contributed by atoms with Crippen molar-refractivity contribution in [3.63, 3.8) is 0 Å². The summed E-state index contributed by atoms with van der Waals surface area (Å²) in [4.78, 5) is 13.4. The lowest BCUT2D eigenvalue weighted by molar-refractivity contribution is -0.120. The van der Waals surface area contributed by atoms with Crippen molar-refractivity contribution < 1.29 is 4.79 Å². The fraction of sp³-hybridized carbons (Fsp3) is 0.846. The molecule has 2 aliphatic rings. The van der Waals surface area contributed by atoms with Crippen LogP contribution in [0, 0.1) is 16.7 Å². The first kappa shape index (κ1) is 12.4. The van der Waals surface area contributed by atoms with Crippen molar-refractivity contribution in [3.05, 3.63) is 0 Å². The van der Waals surface area contributed by atoms with Crippen molar-refractivity contribution in [2.75, 3.05) is 19.6 Å². The average Bonchev–Trinajstić information content (AvgIpc) is 3.01. The molecule has 94 valence electrons. The second-order valence-corrected chi connectivity index (χ2v) is 5.59. The Balaban J connectivity index is 1.73. The average molecular weight is 235 g/mol. The third-order valence-electron chi connectivity index (χ3n) is 3.97. The summed E-state index contributed by atoms with van der Waals surface area (Å²) in [5.41, 5.74) is 0.315. The smallest absolute Gasteiger partial charge is 0.217 e. The molecule has 1 amide bonds. The zero-order valence-corrected chi connectivity index (χ0v) is 10.5. The molecule has 0 aromatic rings. The topological polar surface area (TPSA) is 56.1 Å². The van der Waals surface area contributed by atoms with Gasteiger partial charge in [-0.05, 0) is 31.1 Å². The van der Waals surface area contributed by atoms with Gasteiger partial charge in [-0.15, -0.1) is 0 Å². The largest absolute Gasteiger partial charge is 0.354 e. The molecule has 0 aromatic carbocycles. The predicted molar refractivity (Wildman–Crippen MR) is 65.2 cm³/mol. The minimum Gasteiger partial charge on any atom is -0.354 e. The van der Waals surface area contributed by atoms with Crippen molar-refractivity contribution in [2.24, 2.45) is 5.41 Å². The lowest BCUT2D eigenvalue weighted by atomic mass is 9.99. The molecule has 2 fully saturated rings. The van der Waals surface area contributed by atoms with Gasteiger partial charge in [0.2, 0.25) is 5.91 Å². The maximum Gasteiger partial charge on any atom is 0.217 e. The maximum absolute atomic E-state index is 11.0. The molecule has 1 saturated carbocycles. The Morgan fingerprint density at radius 1 is 1.47 bits per heavy atom. The molecule has 0 aromatic heterocycles. The number of nitriles is 1. The zero-order chi connectivity index (χ0) is 12.3. The third kappa shape index (κ3) is 3.44. The van der Waals surface area contributed by atoms with E-state index in [0.717, 1.165) is 32.5 Å². The second-order valence-electron chi connectivity index (χ2n) is 5.59. The van der Waals surface area contributed by atoms with E-state index in [-0.39, 0.29) is 5.91 Å². The highest BCUT2D eigenvalue weighted by atomic mass is 16.1. The number of carbonyl (C=O) groups excluding carboxylic acids is 1. The van der Waals surface area contributed by atoms with Gasteiger partial charge in [0, 0.05) is 39.0 Å². The fourth-order valence-corrected chi connectivity index (χ4v) is 2.73. The molecule has 4 heteroatoms. The normalized spacial score (nSPS) is 24.0. The molecule has 1 aliphatic carbocycles. The van der Waals surface area contributed by atoms with Crippen LogP contribution in [-0.4, -0.2) is 36.5 Å². The van der Waals surface area contributed by atoms with E-state index in [1.165, 1.54) is 12.8 Å². The van der Waals surface area contributed by atoms with E-state index in [4.69, 9.17) is 5.26 Å². The van der Waals surface area contributed by atoms with Crippen LogP contribution in [0.4, 0.5) is 0 Å². The first-order chi connectivity index (χ1) is 8.13. The van der Waals surface area contributed by atoms with E-state index in [2.05, 4.69) is 16.3 Å². The van der Waals surface area contributed by atoms with Crippen LogP contribution in [0.15, 0.2) is 0 Å². The quantitative estimate of drug-likeness (QED) is 0.798. The first-order valence-corrected chi connectivity index (χ1v) is 6.50. The summed E-state index contributed by atoms with van der Waals surface area (Å²) >= 11 is 0. The monoisotopic (exact) mass is 235 g/mol. The van der Waals surface area contributed by atoms with Crippen LogP contribution in [0.25, 0.3) is 0 Å². The van der Waals surface area contributed by atoms with E-state index < -0.39 is 0 Å². The highest BCUT2D eigenvalue weighted by Crippen LogP contribution is 2.49. The van der Waals surface area contributed by atoms with Crippen LogP contribution in [0.1, 0.15) is 39.0 Å². The van der Waals surface area contributed by atoms with Gasteiger partial charge in [-0.25, -0.2) is 0 Å². The van der Waals surface area contributed by atoms with Gasteiger partial charge in [0.1, 0.15) is 0 Å². The van der Waals surface area contributed by atoms with Gasteiger partial charge < -0.3 is 10.2 Å². The number of nitrogens with zero attached hydrogens (tertiary/aromatic N) is 2. The van der Waals surface area contributed by atoms with Gasteiger partial charge >= 0.3 is 0 Å². The van der Waals surface area contributed by atoms with Gasteiger partial charge in [-0.3, -0.25) is 4.79 Å². The van der Waals surface area contributed by atoms with E-state index in [0.29, 0.717) is 17.9 Å². The number of hydrogen-bond donors (Lipinski definition) is 1. The number of amides is 1. The molecule has 17 heavy (non-hydrogen) atoms. The summed E-state index contributed by atoms with van der Waals surface area (Å²) in [7, 11) is 0. The highest BCUT2D eigenvalue weighted by Gasteiger charge is 2.43. The van der Waals surface area contributed by atoms with Crippen LogP contribution in [0.5, 0.6) is 0 Å². The molecule has 0 bridgehead atoms. The molecule has 1 N–H and O–H groups in total. The Morgan fingerprint density at radius 2 is 2.12 bits per heavy atom. The maximum atomic E-state index is 11.0. The number of nitrogens with one attached hydrogen (secondary N) is 1. The molecular weight excluding hydrogens is 214 g/mol. The first-order valence-electron chi connectivity index (χ1n) is 6.50. The molecule has 0 unspecified atom stereocenters. The SMILES string of the molecule is CC(=O)NC1CCN(CC2(CC#N)CC2)CC1. The minimum absolute atomic E-state index is 0.0755. The minimum atomic E-state index is 0.0755. The van der Waals surface area contributed by atoms with Crippen molar-refractivity contribution in [1.29, 1.82) is 5.26 Å². The molecule has 0 radical (unpaired) electrons. The Bertz CT molecular complexity index is 322. The summed E-state index contributed by atoms with van der Waals surface area (Å²) in [5.74, 6) is 0.0755. The Kier molecular flexibility index (Phi) is 3.68. The van der Waals surface area contributed by atoms with Gasteiger partial charge in [-0.2, -0.15) is 5.26 Å². The zero-order valence-electron chi connectivity index (χ0n) is 10.5. The standard InChI is InChI=1S/C13H21N3O/c1-11(17)15-12-2-8-16(9-3-12)10-13(4-5-13)6-7-14/h12H,2-6,8-10H2,1H3,(H,15,17). The second kappa shape index (κ2) is 5.05. The van der Waals surface area contributed by atoms with Crippen molar-refractivity contribution in [1.82, 2.24) is 10.2 Å². The lowest BCUT2D eigenvalue weighted by Gasteiger charge is -2.34. The number of rotatable bonds is 4. The number of hydrogen-bond acceptors (Lipinski definition) is 3. The number of carbonyl (C=O) groups is 1. The summed E-state index contributed by atoms with van der Waals surface area (Å²) in [6.45, 7) is 4.77. The van der Waals surface area contributed by atoms with Crippen LogP contribution < -0.4 is 5.32 Å². The van der Waals surface area contributed by atoms with Gasteiger partial charge in [0.25, 0.3) is 0 Å². The van der Waals surface area contributed by atoms with Crippen molar-refractivity contribution in [3.8, 4) is 6.07 Å². The lowest BCUT2D eigenvalue weighted by Crippen LogP contribution is -2.45. The van der Waals surface area contributed by atoms with Crippen LogP contribution in [0.3, 0.4) is 0 Å². The number of piperidine rings is 1. The van der Waals surface area contributed by atoms with Gasteiger partial charge in [0.05, 0.1) is 6.07 Å². The Morgan fingerprint density at radius 3 is 2.59 bits per heavy atom. The molecular formula is C13H21N3O. The molecule has 2 rings (SSSR count). The predicted octanol–water partition coefficient (Wildman–Crippen LogP) is 1.28. The van der Waals surface area contributed by atoms with Crippen LogP contribution >= 0.6 is 0 Å². The van der Waals surface area contributed by atoms with Crippen LogP contribution in [-0.2, 0) is 4.79 Å². The highest BCUT2D eigenvalue weighted by molar-refractivity contribution is 5.73.